The average molecular weight is 337 g/mol. The Balaban J connectivity index is 1.75. The minimum absolute atomic E-state index is 0.761. The summed E-state index contributed by atoms with van der Waals surface area (Å²) >= 11 is 1.54. The summed E-state index contributed by atoms with van der Waals surface area (Å²) in [5.41, 5.74) is 8.48. The molecule has 3 rings (SSSR count). The molecule has 0 radical (unpaired) electrons. The van der Waals surface area contributed by atoms with Crippen molar-refractivity contribution < 1.29 is 4.74 Å². The molecule has 3 aromatic rings. The molecule has 2 aromatic carbocycles. The Bertz CT molecular complexity index is 871. The molecule has 0 saturated carbocycles. The molecule has 0 spiro atoms. The molecule has 5 heteroatoms. The summed E-state index contributed by atoms with van der Waals surface area (Å²) in [6.07, 6.45) is 1.73. The highest BCUT2D eigenvalue weighted by Gasteiger charge is 2.07. The van der Waals surface area contributed by atoms with Gasteiger partial charge in [0.05, 0.1) is 19.0 Å². The number of thiazole rings is 1. The fourth-order valence-corrected chi connectivity index (χ4v) is 3.05. The molecular formula is C19H19N3OS. The second kappa shape index (κ2) is 7.27. The van der Waals surface area contributed by atoms with E-state index in [2.05, 4.69) is 47.6 Å². The SMILES string of the molecule is COc1ccccc1/C=N\Nc1nc(-c2cc(C)ccc2C)cs1. The van der Waals surface area contributed by atoms with Crippen molar-refractivity contribution in [2.45, 2.75) is 13.8 Å². The van der Waals surface area contributed by atoms with Crippen LogP contribution >= 0.6 is 11.3 Å². The molecule has 122 valence electrons. The molecule has 0 bridgehead atoms. The van der Waals surface area contributed by atoms with Crippen LogP contribution in [-0.4, -0.2) is 18.3 Å². The highest BCUT2D eigenvalue weighted by molar-refractivity contribution is 7.14. The largest absolute Gasteiger partial charge is 0.496 e. The van der Waals surface area contributed by atoms with Crippen LogP contribution in [0, 0.1) is 13.8 Å². The number of nitrogens with one attached hydrogen (secondary N) is 1. The number of aryl methyl sites for hydroxylation is 2. The number of aromatic nitrogens is 1. The van der Waals surface area contributed by atoms with E-state index in [1.54, 1.807) is 13.3 Å². The molecule has 0 aliphatic rings. The van der Waals surface area contributed by atoms with Gasteiger partial charge in [-0.2, -0.15) is 5.10 Å². The number of methoxy groups -OCH3 is 1. The number of hydrogen-bond donors (Lipinski definition) is 1. The van der Waals surface area contributed by atoms with E-state index in [1.807, 2.05) is 29.6 Å². The van der Waals surface area contributed by atoms with Crippen LogP contribution in [0.5, 0.6) is 5.75 Å². The summed E-state index contributed by atoms with van der Waals surface area (Å²) in [6.45, 7) is 4.19. The normalized spacial score (nSPS) is 11.0. The first-order chi connectivity index (χ1) is 11.7. The highest BCUT2D eigenvalue weighted by Crippen LogP contribution is 2.28. The Hall–Kier alpha value is -2.66. The molecule has 1 heterocycles. The van der Waals surface area contributed by atoms with Crippen LogP contribution in [0.1, 0.15) is 16.7 Å². The molecule has 0 unspecified atom stereocenters. The first-order valence-electron chi connectivity index (χ1n) is 7.62. The van der Waals surface area contributed by atoms with E-state index >= 15 is 0 Å². The minimum Gasteiger partial charge on any atom is -0.496 e. The van der Waals surface area contributed by atoms with Crippen molar-refractivity contribution in [3.63, 3.8) is 0 Å². The van der Waals surface area contributed by atoms with Crippen LogP contribution < -0.4 is 10.2 Å². The molecule has 0 saturated heterocycles. The fraction of sp³-hybridized carbons (Fsp3) is 0.158. The van der Waals surface area contributed by atoms with Crippen molar-refractivity contribution in [1.29, 1.82) is 0 Å². The smallest absolute Gasteiger partial charge is 0.203 e. The highest BCUT2D eigenvalue weighted by atomic mass is 32.1. The number of nitrogens with zero attached hydrogens (tertiary/aromatic N) is 2. The van der Waals surface area contributed by atoms with Gasteiger partial charge >= 0.3 is 0 Å². The minimum atomic E-state index is 0.761. The second-order valence-electron chi connectivity index (χ2n) is 5.47. The fourth-order valence-electron chi connectivity index (χ4n) is 2.39. The van der Waals surface area contributed by atoms with E-state index in [0.29, 0.717) is 0 Å². The summed E-state index contributed by atoms with van der Waals surface area (Å²) in [6, 6.07) is 14.1. The summed E-state index contributed by atoms with van der Waals surface area (Å²) < 4.78 is 5.30. The van der Waals surface area contributed by atoms with E-state index in [9.17, 15) is 0 Å². The predicted octanol–water partition coefficient (Wildman–Crippen LogP) is 4.88. The van der Waals surface area contributed by atoms with E-state index in [4.69, 9.17) is 4.74 Å². The third-order valence-corrected chi connectivity index (χ3v) is 4.42. The first-order valence-corrected chi connectivity index (χ1v) is 8.50. The Morgan fingerprint density at radius 1 is 1.17 bits per heavy atom. The Morgan fingerprint density at radius 3 is 2.83 bits per heavy atom. The van der Waals surface area contributed by atoms with Gasteiger partial charge in [0.15, 0.2) is 0 Å². The second-order valence-corrected chi connectivity index (χ2v) is 6.33. The zero-order valence-corrected chi connectivity index (χ0v) is 14.7. The van der Waals surface area contributed by atoms with Crippen molar-refractivity contribution >= 4 is 22.7 Å². The zero-order chi connectivity index (χ0) is 16.9. The van der Waals surface area contributed by atoms with Crippen molar-refractivity contribution in [3.05, 3.63) is 64.5 Å². The third kappa shape index (κ3) is 3.63. The van der Waals surface area contributed by atoms with Crippen LogP contribution in [0.15, 0.2) is 52.9 Å². The molecule has 4 nitrogen and oxygen atoms in total. The van der Waals surface area contributed by atoms with Crippen molar-refractivity contribution in [2.75, 3.05) is 12.5 Å². The van der Waals surface area contributed by atoms with Crippen LogP contribution in [0.25, 0.3) is 11.3 Å². The van der Waals surface area contributed by atoms with E-state index in [-0.39, 0.29) is 0 Å². The van der Waals surface area contributed by atoms with Gasteiger partial charge in [-0.15, -0.1) is 11.3 Å². The predicted molar refractivity (Wildman–Crippen MR) is 101 cm³/mol. The van der Waals surface area contributed by atoms with Crippen LogP contribution in [0.3, 0.4) is 0 Å². The molecule has 0 amide bonds. The molecule has 1 N–H and O–H groups in total. The number of para-hydroxylation sites is 1. The number of hydrazone groups is 1. The van der Waals surface area contributed by atoms with Gasteiger partial charge in [-0.25, -0.2) is 4.98 Å². The topological polar surface area (TPSA) is 46.5 Å². The van der Waals surface area contributed by atoms with E-state index in [0.717, 1.165) is 27.7 Å². The number of rotatable bonds is 5. The summed E-state index contributed by atoms with van der Waals surface area (Å²) in [5.74, 6) is 0.790. The molecule has 0 atom stereocenters. The number of benzene rings is 2. The summed E-state index contributed by atoms with van der Waals surface area (Å²) in [4.78, 5) is 4.62. The monoisotopic (exact) mass is 337 g/mol. The number of anilines is 1. The summed E-state index contributed by atoms with van der Waals surface area (Å²) in [5, 5.41) is 7.07. The standard InChI is InChI=1S/C19H19N3OS/c1-13-8-9-14(2)16(10-13)17-12-24-19(21-17)22-20-11-15-6-4-5-7-18(15)23-3/h4-12H,1-3H3,(H,21,22)/b20-11-. The Labute approximate surface area is 145 Å². The zero-order valence-electron chi connectivity index (χ0n) is 13.9. The van der Waals surface area contributed by atoms with Crippen molar-refractivity contribution in [1.82, 2.24) is 4.98 Å². The van der Waals surface area contributed by atoms with Gasteiger partial charge < -0.3 is 4.74 Å². The molecule has 0 aliphatic carbocycles. The van der Waals surface area contributed by atoms with Crippen molar-refractivity contribution in [2.24, 2.45) is 5.10 Å². The maximum absolute atomic E-state index is 5.30. The molecular weight excluding hydrogens is 318 g/mol. The van der Waals surface area contributed by atoms with Crippen molar-refractivity contribution in [3.8, 4) is 17.0 Å². The van der Waals surface area contributed by atoms with Gasteiger partial charge in [0.1, 0.15) is 5.75 Å². The van der Waals surface area contributed by atoms with Crippen LogP contribution in [-0.2, 0) is 0 Å². The van der Waals surface area contributed by atoms with Gasteiger partial charge in [0, 0.05) is 16.5 Å². The third-order valence-electron chi connectivity index (χ3n) is 3.68. The lowest BCUT2D eigenvalue weighted by atomic mass is 10.0. The molecule has 0 aliphatic heterocycles. The lowest BCUT2D eigenvalue weighted by Gasteiger charge is -2.04. The first kappa shape index (κ1) is 16.2. The molecule has 24 heavy (non-hydrogen) atoms. The Kier molecular flexibility index (Phi) is 4.91. The van der Waals surface area contributed by atoms with E-state index < -0.39 is 0 Å². The summed E-state index contributed by atoms with van der Waals surface area (Å²) in [7, 11) is 1.65. The maximum atomic E-state index is 5.30. The van der Waals surface area contributed by atoms with Crippen LogP contribution in [0.2, 0.25) is 0 Å². The Morgan fingerprint density at radius 2 is 2.00 bits per heavy atom. The van der Waals surface area contributed by atoms with E-state index in [1.165, 1.54) is 22.5 Å². The van der Waals surface area contributed by atoms with Gasteiger partial charge in [-0.1, -0.05) is 29.8 Å². The van der Waals surface area contributed by atoms with Crippen LogP contribution in [0.4, 0.5) is 5.13 Å². The quantitative estimate of drug-likeness (QED) is 0.533. The van der Waals surface area contributed by atoms with Gasteiger partial charge in [0.25, 0.3) is 0 Å². The molecule has 0 fully saturated rings. The lowest BCUT2D eigenvalue weighted by Crippen LogP contribution is -1.93. The van der Waals surface area contributed by atoms with Gasteiger partial charge in [-0.3, -0.25) is 5.43 Å². The number of ether oxygens (including phenoxy) is 1. The maximum Gasteiger partial charge on any atom is 0.203 e. The molecule has 1 aromatic heterocycles. The lowest BCUT2D eigenvalue weighted by molar-refractivity contribution is 0.414. The van der Waals surface area contributed by atoms with Gasteiger partial charge in [0.2, 0.25) is 5.13 Å². The number of hydrogen-bond acceptors (Lipinski definition) is 5. The van der Waals surface area contributed by atoms with Gasteiger partial charge in [-0.05, 0) is 37.6 Å². The average Bonchev–Trinajstić information content (AvgIpc) is 3.06.